The second-order valence-corrected chi connectivity index (χ2v) is 4.57. The first-order chi connectivity index (χ1) is 9.40. The standard InChI is InChI=1S/C13H15ClN2O4/c1-8-9(14)4-2-5-10(8)15-13(20)16-11(17)6-3-7-12(18)19/h2,4-5H,3,6-7H2,1H3,(H,18,19)(H2,15,16,17,20). The number of imide groups is 1. The topological polar surface area (TPSA) is 95.5 Å². The van der Waals surface area contributed by atoms with E-state index in [-0.39, 0.29) is 19.3 Å². The largest absolute Gasteiger partial charge is 0.481 e. The first-order valence-corrected chi connectivity index (χ1v) is 6.35. The molecule has 0 spiro atoms. The number of benzene rings is 1. The summed E-state index contributed by atoms with van der Waals surface area (Å²) in [7, 11) is 0. The molecule has 108 valence electrons. The summed E-state index contributed by atoms with van der Waals surface area (Å²) in [6.07, 6.45) is 0.0569. The lowest BCUT2D eigenvalue weighted by molar-refractivity contribution is -0.137. The van der Waals surface area contributed by atoms with Gasteiger partial charge in [-0.15, -0.1) is 0 Å². The second-order valence-electron chi connectivity index (χ2n) is 4.16. The molecule has 0 heterocycles. The van der Waals surface area contributed by atoms with Gasteiger partial charge in [-0.05, 0) is 31.0 Å². The summed E-state index contributed by atoms with van der Waals surface area (Å²) in [5.41, 5.74) is 1.20. The Hall–Kier alpha value is -2.08. The van der Waals surface area contributed by atoms with Crippen LogP contribution in [0.5, 0.6) is 0 Å². The third-order valence-electron chi connectivity index (χ3n) is 2.56. The zero-order chi connectivity index (χ0) is 15.1. The van der Waals surface area contributed by atoms with Crippen LogP contribution < -0.4 is 10.6 Å². The maximum atomic E-state index is 11.6. The summed E-state index contributed by atoms with van der Waals surface area (Å²) in [4.78, 5) is 33.3. The van der Waals surface area contributed by atoms with E-state index in [1.807, 2.05) is 0 Å². The predicted molar refractivity (Wildman–Crippen MR) is 74.8 cm³/mol. The second kappa shape index (κ2) is 7.49. The molecule has 0 saturated carbocycles. The van der Waals surface area contributed by atoms with E-state index in [1.165, 1.54) is 0 Å². The molecule has 1 aromatic rings. The molecule has 1 aromatic carbocycles. The van der Waals surface area contributed by atoms with E-state index in [0.717, 1.165) is 0 Å². The van der Waals surface area contributed by atoms with Crippen molar-refractivity contribution < 1.29 is 19.5 Å². The van der Waals surface area contributed by atoms with Gasteiger partial charge in [0.25, 0.3) is 0 Å². The highest BCUT2D eigenvalue weighted by Gasteiger charge is 2.10. The molecule has 0 fully saturated rings. The van der Waals surface area contributed by atoms with E-state index in [2.05, 4.69) is 10.6 Å². The van der Waals surface area contributed by atoms with Crippen molar-refractivity contribution >= 4 is 35.2 Å². The number of carbonyl (C=O) groups excluding carboxylic acids is 2. The van der Waals surface area contributed by atoms with Crippen molar-refractivity contribution in [3.05, 3.63) is 28.8 Å². The monoisotopic (exact) mass is 298 g/mol. The van der Waals surface area contributed by atoms with Gasteiger partial charge < -0.3 is 10.4 Å². The Morgan fingerprint density at radius 1 is 1.25 bits per heavy atom. The first-order valence-electron chi connectivity index (χ1n) is 5.98. The van der Waals surface area contributed by atoms with E-state index in [1.54, 1.807) is 25.1 Å². The number of anilines is 1. The number of amides is 3. The van der Waals surface area contributed by atoms with Gasteiger partial charge in [-0.2, -0.15) is 0 Å². The average molecular weight is 299 g/mol. The zero-order valence-corrected chi connectivity index (χ0v) is 11.7. The quantitative estimate of drug-likeness (QED) is 0.778. The molecule has 0 aliphatic carbocycles. The molecule has 0 atom stereocenters. The van der Waals surface area contributed by atoms with Gasteiger partial charge in [-0.1, -0.05) is 17.7 Å². The molecular weight excluding hydrogens is 284 g/mol. The Bertz CT molecular complexity index is 531. The Kier molecular flexibility index (Phi) is 5.99. The van der Waals surface area contributed by atoms with E-state index >= 15 is 0 Å². The number of halogens is 1. The summed E-state index contributed by atoms with van der Waals surface area (Å²) in [6, 6.07) is 4.36. The minimum Gasteiger partial charge on any atom is -0.481 e. The lowest BCUT2D eigenvalue weighted by Crippen LogP contribution is -2.34. The number of hydrogen-bond donors (Lipinski definition) is 3. The average Bonchev–Trinajstić information content (AvgIpc) is 2.34. The summed E-state index contributed by atoms with van der Waals surface area (Å²) in [5.74, 6) is -1.50. The molecule has 0 radical (unpaired) electrons. The lowest BCUT2D eigenvalue weighted by Gasteiger charge is -2.09. The third-order valence-corrected chi connectivity index (χ3v) is 2.97. The number of aliphatic carboxylic acids is 1. The summed E-state index contributed by atoms with van der Waals surface area (Å²) >= 11 is 5.91. The van der Waals surface area contributed by atoms with Crippen LogP contribution in [0.25, 0.3) is 0 Å². The van der Waals surface area contributed by atoms with E-state index < -0.39 is 17.9 Å². The highest BCUT2D eigenvalue weighted by atomic mass is 35.5. The van der Waals surface area contributed by atoms with Crippen LogP contribution in [0.4, 0.5) is 10.5 Å². The van der Waals surface area contributed by atoms with Gasteiger partial charge in [-0.3, -0.25) is 14.9 Å². The van der Waals surface area contributed by atoms with Crippen molar-refractivity contribution in [2.75, 3.05) is 5.32 Å². The Labute approximate surface area is 121 Å². The van der Waals surface area contributed by atoms with Crippen molar-refractivity contribution in [2.24, 2.45) is 0 Å². The fraction of sp³-hybridized carbons (Fsp3) is 0.308. The van der Waals surface area contributed by atoms with Crippen LogP contribution in [-0.2, 0) is 9.59 Å². The fourth-order valence-electron chi connectivity index (χ4n) is 1.49. The molecule has 0 aromatic heterocycles. The Balaban J connectivity index is 2.45. The van der Waals surface area contributed by atoms with Crippen LogP contribution >= 0.6 is 11.6 Å². The molecule has 1 rings (SSSR count). The molecule has 0 aliphatic heterocycles. The van der Waals surface area contributed by atoms with Gasteiger partial charge in [0, 0.05) is 23.6 Å². The molecule has 0 saturated heterocycles. The van der Waals surface area contributed by atoms with Crippen molar-refractivity contribution in [3.8, 4) is 0 Å². The zero-order valence-electron chi connectivity index (χ0n) is 10.9. The minimum absolute atomic E-state index is 0.0196. The maximum absolute atomic E-state index is 11.6. The van der Waals surface area contributed by atoms with Crippen molar-refractivity contribution in [2.45, 2.75) is 26.2 Å². The Morgan fingerprint density at radius 2 is 1.95 bits per heavy atom. The van der Waals surface area contributed by atoms with Crippen molar-refractivity contribution in [1.82, 2.24) is 5.32 Å². The van der Waals surface area contributed by atoms with E-state index in [0.29, 0.717) is 16.3 Å². The molecule has 6 nitrogen and oxygen atoms in total. The number of carboxylic acid groups (broad SMARTS) is 1. The molecule has 0 bridgehead atoms. The number of urea groups is 1. The molecular formula is C13H15ClN2O4. The number of carboxylic acids is 1. The van der Waals surface area contributed by atoms with Crippen molar-refractivity contribution in [1.29, 1.82) is 0 Å². The van der Waals surface area contributed by atoms with Gasteiger partial charge in [0.15, 0.2) is 0 Å². The number of rotatable bonds is 5. The maximum Gasteiger partial charge on any atom is 0.325 e. The first kappa shape index (κ1) is 16.0. The predicted octanol–water partition coefficient (Wildman–Crippen LogP) is 2.55. The van der Waals surface area contributed by atoms with E-state index in [9.17, 15) is 14.4 Å². The van der Waals surface area contributed by atoms with Crippen LogP contribution in [0.2, 0.25) is 5.02 Å². The SMILES string of the molecule is Cc1c(Cl)cccc1NC(=O)NC(=O)CCCC(=O)O. The van der Waals surface area contributed by atoms with Crippen LogP contribution in [0.1, 0.15) is 24.8 Å². The molecule has 0 aliphatic rings. The smallest absolute Gasteiger partial charge is 0.325 e. The highest BCUT2D eigenvalue weighted by Crippen LogP contribution is 2.22. The minimum atomic E-state index is -0.975. The highest BCUT2D eigenvalue weighted by molar-refractivity contribution is 6.31. The van der Waals surface area contributed by atoms with Crippen LogP contribution in [0.15, 0.2) is 18.2 Å². The summed E-state index contributed by atoms with van der Waals surface area (Å²) in [5, 5.41) is 13.6. The Morgan fingerprint density at radius 3 is 2.60 bits per heavy atom. The van der Waals surface area contributed by atoms with Gasteiger partial charge in [0.1, 0.15) is 0 Å². The number of carbonyl (C=O) groups is 3. The van der Waals surface area contributed by atoms with Crippen LogP contribution in [0.3, 0.4) is 0 Å². The van der Waals surface area contributed by atoms with Crippen LogP contribution in [0, 0.1) is 6.92 Å². The fourth-order valence-corrected chi connectivity index (χ4v) is 1.66. The summed E-state index contributed by atoms with van der Waals surface area (Å²) < 4.78 is 0. The summed E-state index contributed by atoms with van der Waals surface area (Å²) in [6.45, 7) is 1.74. The van der Waals surface area contributed by atoms with Gasteiger partial charge in [0.05, 0.1) is 0 Å². The normalized spacial score (nSPS) is 9.90. The van der Waals surface area contributed by atoms with E-state index in [4.69, 9.17) is 16.7 Å². The molecule has 7 heteroatoms. The third kappa shape index (κ3) is 5.27. The molecule has 3 amide bonds. The number of hydrogen-bond acceptors (Lipinski definition) is 3. The van der Waals surface area contributed by atoms with Crippen molar-refractivity contribution in [3.63, 3.8) is 0 Å². The number of nitrogens with one attached hydrogen (secondary N) is 2. The van der Waals surface area contributed by atoms with Gasteiger partial charge >= 0.3 is 12.0 Å². The van der Waals surface area contributed by atoms with Crippen LogP contribution in [-0.4, -0.2) is 23.0 Å². The lowest BCUT2D eigenvalue weighted by atomic mass is 10.2. The van der Waals surface area contributed by atoms with Gasteiger partial charge in [0.2, 0.25) is 5.91 Å². The molecule has 3 N–H and O–H groups in total. The molecule has 0 unspecified atom stereocenters. The van der Waals surface area contributed by atoms with Gasteiger partial charge in [-0.25, -0.2) is 4.79 Å². The molecule has 20 heavy (non-hydrogen) atoms.